The molecule has 0 heterocycles. The molecule has 0 fully saturated rings. The minimum absolute atomic E-state index is 0. The molecule has 0 bridgehead atoms. The number of hydrogen-bond acceptors (Lipinski definition) is 19. The predicted molar refractivity (Wildman–Crippen MR) is 168 cm³/mol. The Morgan fingerprint density at radius 2 is 0.740 bits per heavy atom. The number of aliphatic hydroxyl groups is 10. The molecule has 0 aliphatic rings. The SMILES string of the molecule is CCC[C@H](O)[C@@H](O)[C@H](O)[C@H](O)CO.CCC[C@H](O)[C@@H](O)[C@H](O)[C@H](O)CO.CCN(CC)CCN(CCN(CC(=O)[O-])CC(=O)[O-])CC(=O)[O-].[Gd+3]. The zero-order chi connectivity index (χ0) is 38.7. The van der Waals surface area contributed by atoms with E-state index in [9.17, 15) is 50.1 Å². The molecule has 299 valence electrons. The Morgan fingerprint density at radius 3 is 1.00 bits per heavy atom. The largest absolute Gasteiger partial charge is 3.00 e. The maximum atomic E-state index is 10.8. The van der Waals surface area contributed by atoms with Crippen molar-refractivity contribution in [3.05, 3.63) is 0 Å². The molecule has 0 aromatic heterocycles. The van der Waals surface area contributed by atoms with Crippen molar-refractivity contribution in [2.45, 2.75) is 102 Å². The van der Waals surface area contributed by atoms with Crippen LogP contribution in [0.25, 0.3) is 0 Å². The van der Waals surface area contributed by atoms with E-state index >= 15 is 0 Å². The third kappa shape index (κ3) is 28.8. The Kier molecular flexibility index (Phi) is 38.1. The molecule has 0 amide bonds. The summed E-state index contributed by atoms with van der Waals surface area (Å²) < 4.78 is 0. The molecular weight excluding hydrogens is 816 g/mol. The van der Waals surface area contributed by atoms with E-state index in [2.05, 4.69) is 4.90 Å². The molecule has 0 aromatic carbocycles. The van der Waals surface area contributed by atoms with Crippen molar-refractivity contribution in [2.24, 2.45) is 0 Å². The van der Waals surface area contributed by atoms with Crippen molar-refractivity contribution in [3.8, 4) is 0 Å². The zero-order valence-electron chi connectivity index (χ0n) is 29.3. The second-order valence-electron chi connectivity index (χ2n) is 11.3. The number of carbonyl (C=O) groups excluding carboxylic acids is 3. The summed E-state index contributed by atoms with van der Waals surface area (Å²) in [5, 5.41) is 122. The maximum Gasteiger partial charge on any atom is 3.00 e. The molecule has 0 unspecified atom stereocenters. The Labute approximate surface area is 326 Å². The molecule has 0 aromatic rings. The van der Waals surface area contributed by atoms with E-state index in [4.69, 9.17) is 30.6 Å². The molecule has 8 atom stereocenters. The number of hydrogen-bond donors (Lipinski definition) is 10. The van der Waals surface area contributed by atoms with Gasteiger partial charge in [0, 0.05) is 45.8 Å². The van der Waals surface area contributed by atoms with Crippen LogP contribution in [0.3, 0.4) is 0 Å². The number of aliphatic carboxylic acids is 3. The summed E-state index contributed by atoms with van der Waals surface area (Å²) in [6, 6.07) is 0. The molecule has 0 saturated heterocycles. The third-order valence-electron chi connectivity index (χ3n) is 7.24. The van der Waals surface area contributed by atoms with E-state index < -0.39 is 93.0 Å². The monoisotopic (exact) mass is 876 g/mol. The van der Waals surface area contributed by atoms with Gasteiger partial charge in [-0.1, -0.05) is 40.5 Å². The molecule has 1 radical (unpaired) electrons. The van der Waals surface area contributed by atoms with Crippen LogP contribution in [0.15, 0.2) is 0 Å². The molecule has 0 saturated carbocycles. The Hall–Kier alpha value is -0.785. The van der Waals surface area contributed by atoms with Crippen LogP contribution in [-0.2, 0) is 14.4 Å². The average molecular weight is 876 g/mol. The van der Waals surface area contributed by atoms with Crippen LogP contribution in [0, 0.1) is 39.9 Å². The van der Waals surface area contributed by atoms with Crippen LogP contribution >= 0.6 is 0 Å². The van der Waals surface area contributed by atoms with E-state index in [-0.39, 0.29) is 59.6 Å². The first-order valence-electron chi connectivity index (χ1n) is 16.3. The Morgan fingerprint density at radius 1 is 0.480 bits per heavy atom. The van der Waals surface area contributed by atoms with Gasteiger partial charge in [-0.25, -0.2) is 0 Å². The fraction of sp³-hybridized carbons (Fsp3) is 0.900. The average Bonchev–Trinajstić information content (AvgIpc) is 3.05. The normalized spacial score (nSPS) is 16.0. The molecule has 20 heteroatoms. The maximum absolute atomic E-state index is 10.8. The van der Waals surface area contributed by atoms with Gasteiger partial charge in [0.05, 0.1) is 43.3 Å². The van der Waals surface area contributed by atoms with Gasteiger partial charge in [0.25, 0.3) is 0 Å². The number of likely N-dealkylation sites (N-methyl/N-ethyl adjacent to an activating group) is 1. The molecule has 10 N–H and O–H groups in total. The van der Waals surface area contributed by atoms with Gasteiger partial charge in [-0.05, 0) is 25.9 Å². The minimum atomic E-state index is -1.51. The molecular formula is C30H60GdN3O16. The second-order valence-corrected chi connectivity index (χ2v) is 11.3. The van der Waals surface area contributed by atoms with Crippen LogP contribution in [-0.4, -0.2) is 205 Å². The second kappa shape index (κ2) is 34.0. The topological polar surface area (TPSA) is 332 Å². The van der Waals surface area contributed by atoms with Crippen LogP contribution in [0.1, 0.15) is 53.4 Å². The number of carboxylic acid groups (broad SMARTS) is 3. The summed E-state index contributed by atoms with van der Waals surface area (Å²) in [6.07, 6.45) is -8.79. The first-order chi connectivity index (χ1) is 22.9. The standard InChI is InChI=1S/C14H27N3O6.2C8H18O5.Gd/c1-3-15(4-2)5-6-16(9-12(18)19)7-8-17(10-13(20)21)11-14(22)23;2*1-2-3-5(10)7(12)8(13)6(11)4-9;/h3-11H2,1-2H3,(H,18,19)(H,20,21)(H,22,23);2*5-13H,2-4H2,1H3;/q;;;+3/p-3/t;2*5-,6+,7+,8+;/m.00./s1. The van der Waals surface area contributed by atoms with Crippen molar-refractivity contribution in [1.82, 2.24) is 14.7 Å². The van der Waals surface area contributed by atoms with Gasteiger partial charge in [-0.2, -0.15) is 0 Å². The van der Waals surface area contributed by atoms with Crippen molar-refractivity contribution in [2.75, 3.05) is 72.1 Å². The Balaban J connectivity index is -0.000000337. The van der Waals surface area contributed by atoms with E-state index in [1.165, 1.54) is 0 Å². The van der Waals surface area contributed by atoms with Crippen molar-refractivity contribution >= 4 is 17.9 Å². The summed E-state index contributed by atoms with van der Waals surface area (Å²) in [4.78, 5) is 36.9. The van der Waals surface area contributed by atoms with Gasteiger partial charge in [0.1, 0.15) is 36.6 Å². The summed E-state index contributed by atoms with van der Waals surface area (Å²) in [5.74, 6) is -4.04. The van der Waals surface area contributed by atoms with Gasteiger partial charge in [-0.15, -0.1) is 0 Å². The van der Waals surface area contributed by atoms with E-state index in [1.54, 1.807) is 4.90 Å². The third-order valence-corrected chi connectivity index (χ3v) is 7.24. The van der Waals surface area contributed by atoms with Crippen molar-refractivity contribution in [3.63, 3.8) is 0 Å². The van der Waals surface area contributed by atoms with E-state index in [1.807, 2.05) is 27.7 Å². The van der Waals surface area contributed by atoms with Gasteiger partial charge in [-0.3, -0.25) is 9.80 Å². The summed E-state index contributed by atoms with van der Waals surface area (Å²) in [7, 11) is 0. The molecule has 0 aliphatic carbocycles. The fourth-order valence-electron chi connectivity index (χ4n) is 4.20. The molecule has 0 rings (SSSR count). The fourth-order valence-corrected chi connectivity index (χ4v) is 4.20. The predicted octanol–water partition coefficient (Wildman–Crippen LogP) is -8.37. The van der Waals surface area contributed by atoms with Crippen molar-refractivity contribution < 1.29 is 121 Å². The molecule has 50 heavy (non-hydrogen) atoms. The van der Waals surface area contributed by atoms with Gasteiger partial charge in [0.15, 0.2) is 0 Å². The zero-order valence-corrected chi connectivity index (χ0v) is 31.6. The number of carbonyl (C=O) groups is 3. The Bertz CT molecular complexity index is 802. The number of rotatable bonds is 26. The molecule has 0 spiro atoms. The molecule has 19 nitrogen and oxygen atoms in total. The van der Waals surface area contributed by atoms with Crippen LogP contribution in [0.2, 0.25) is 0 Å². The van der Waals surface area contributed by atoms with Gasteiger partial charge >= 0.3 is 39.9 Å². The quantitative estimate of drug-likeness (QED) is 0.0386. The van der Waals surface area contributed by atoms with E-state index in [0.29, 0.717) is 38.8 Å². The summed E-state index contributed by atoms with van der Waals surface area (Å²) in [5.41, 5.74) is 0. The van der Waals surface area contributed by atoms with E-state index in [0.717, 1.165) is 18.0 Å². The minimum Gasteiger partial charge on any atom is -0.549 e. The number of carboxylic acids is 3. The van der Waals surface area contributed by atoms with Gasteiger partial charge < -0.3 is 85.7 Å². The van der Waals surface area contributed by atoms with Crippen LogP contribution in [0.5, 0.6) is 0 Å². The number of nitrogens with zero attached hydrogens (tertiary/aromatic N) is 3. The summed E-state index contributed by atoms with van der Waals surface area (Å²) >= 11 is 0. The van der Waals surface area contributed by atoms with Gasteiger partial charge in [0.2, 0.25) is 0 Å². The smallest absolute Gasteiger partial charge is 0.549 e. The van der Waals surface area contributed by atoms with Crippen LogP contribution in [0.4, 0.5) is 0 Å². The first-order valence-corrected chi connectivity index (χ1v) is 16.3. The summed E-state index contributed by atoms with van der Waals surface area (Å²) in [6.45, 7) is 8.00. The first kappa shape index (κ1) is 56.0. The van der Waals surface area contributed by atoms with Crippen LogP contribution < -0.4 is 15.3 Å². The molecule has 0 aliphatic heterocycles. The van der Waals surface area contributed by atoms with Crippen molar-refractivity contribution in [1.29, 1.82) is 0 Å². The number of aliphatic hydroxyl groups excluding tert-OH is 10.